The quantitative estimate of drug-likeness (QED) is 0.384. The fraction of sp³-hybridized carbons (Fsp3) is 0.222. The highest BCUT2D eigenvalue weighted by Gasteiger charge is 2.18. The van der Waals surface area contributed by atoms with Crippen molar-refractivity contribution in [2.75, 3.05) is 18.9 Å². The van der Waals surface area contributed by atoms with E-state index in [2.05, 4.69) is 15.7 Å². The Morgan fingerprint density at radius 1 is 0.971 bits per heavy atom. The molecule has 2 heterocycles. The lowest BCUT2D eigenvalue weighted by molar-refractivity contribution is -0.117. The van der Waals surface area contributed by atoms with E-state index in [4.69, 9.17) is 4.42 Å². The number of carbonyl (C=O) groups excluding carboxylic acids is 2. The summed E-state index contributed by atoms with van der Waals surface area (Å²) in [5.74, 6) is 0.492. The Morgan fingerprint density at radius 3 is 2.37 bits per heavy atom. The highest BCUT2D eigenvalue weighted by Crippen LogP contribution is 2.23. The zero-order valence-electron chi connectivity index (χ0n) is 20.1. The molecule has 8 heteroatoms. The van der Waals surface area contributed by atoms with E-state index in [1.54, 1.807) is 25.4 Å². The number of hydrogen-bond acceptors (Lipinski definition) is 5. The average molecular weight is 472 g/mol. The van der Waals surface area contributed by atoms with Crippen LogP contribution in [0.5, 0.6) is 0 Å². The van der Waals surface area contributed by atoms with Crippen molar-refractivity contribution in [3.8, 4) is 5.69 Å². The van der Waals surface area contributed by atoms with E-state index in [0.29, 0.717) is 24.3 Å². The van der Waals surface area contributed by atoms with Gasteiger partial charge in [0.2, 0.25) is 5.91 Å². The van der Waals surface area contributed by atoms with Gasteiger partial charge < -0.3 is 15.1 Å². The van der Waals surface area contributed by atoms with Crippen molar-refractivity contribution in [3.05, 3.63) is 101 Å². The smallest absolute Gasteiger partial charge is 0.251 e. The first-order chi connectivity index (χ1) is 16.9. The van der Waals surface area contributed by atoms with Crippen LogP contribution in [0.3, 0.4) is 0 Å². The summed E-state index contributed by atoms with van der Waals surface area (Å²) in [6.07, 6.45) is 1.62. The zero-order valence-corrected chi connectivity index (χ0v) is 20.1. The normalized spacial score (nSPS) is 11.0. The number of carbonyl (C=O) groups is 2. The van der Waals surface area contributed by atoms with Crippen LogP contribution < -0.4 is 10.6 Å². The molecule has 0 fully saturated rings. The Bertz CT molecular complexity index is 1280. The third-order valence-electron chi connectivity index (χ3n) is 5.73. The van der Waals surface area contributed by atoms with Crippen molar-refractivity contribution < 1.29 is 14.0 Å². The molecule has 180 valence electrons. The molecule has 0 unspecified atom stereocenters. The van der Waals surface area contributed by atoms with E-state index in [0.717, 1.165) is 28.4 Å². The predicted molar refractivity (Wildman–Crippen MR) is 134 cm³/mol. The second-order valence-electron chi connectivity index (χ2n) is 8.34. The third-order valence-corrected chi connectivity index (χ3v) is 5.73. The molecule has 0 aliphatic heterocycles. The number of amides is 2. The molecule has 4 rings (SSSR count). The van der Waals surface area contributed by atoms with Gasteiger partial charge in [-0.25, -0.2) is 4.68 Å². The van der Waals surface area contributed by atoms with E-state index in [1.807, 2.05) is 78.0 Å². The van der Waals surface area contributed by atoms with Crippen LogP contribution in [-0.2, 0) is 17.9 Å². The summed E-state index contributed by atoms with van der Waals surface area (Å²) in [7, 11) is 1.60. The number of para-hydroxylation sites is 1. The molecule has 0 aliphatic carbocycles. The Balaban J connectivity index is 1.49. The van der Waals surface area contributed by atoms with Gasteiger partial charge in [-0.15, -0.1) is 0 Å². The Labute approximate surface area is 204 Å². The van der Waals surface area contributed by atoms with Crippen molar-refractivity contribution in [1.82, 2.24) is 20.0 Å². The number of aryl methyl sites for hydroxylation is 1. The van der Waals surface area contributed by atoms with Gasteiger partial charge in [0.25, 0.3) is 5.91 Å². The van der Waals surface area contributed by atoms with Gasteiger partial charge in [0, 0.05) is 19.2 Å². The molecule has 8 nitrogen and oxygen atoms in total. The van der Waals surface area contributed by atoms with Gasteiger partial charge in [-0.2, -0.15) is 5.10 Å². The molecule has 0 aliphatic rings. The van der Waals surface area contributed by atoms with Crippen LogP contribution in [0, 0.1) is 13.8 Å². The Morgan fingerprint density at radius 2 is 1.71 bits per heavy atom. The van der Waals surface area contributed by atoms with Crippen molar-refractivity contribution >= 4 is 17.5 Å². The molecule has 0 saturated heterocycles. The minimum absolute atomic E-state index is 0.134. The molecule has 2 aromatic carbocycles. The molecule has 0 radical (unpaired) electrons. The van der Waals surface area contributed by atoms with Crippen molar-refractivity contribution in [3.63, 3.8) is 0 Å². The number of rotatable bonds is 9. The van der Waals surface area contributed by atoms with Crippen LogP contribution in [0.25, 0.3) is 5.69 Å². The largest absolute Gasteiger partial charge is 0.468 e. The summed E-state index contributed by atoms with van der Waals surface area (Å²) in [6.45, 7) is 4.98. The maximum Gasteiger partial charge on any atom is 0.251 e. The Kier molecular flexibility index (Phi) is 7.42. The van der Waals surface area contributed by atoms with Crippen LogP contribution >= 0.6 is 0 Å². The van der Waals surface area contributed by atoms with Crippen molar-refractivity contribution in [2.24, 2.45) is 0 Å². The van der Waals surface area contributed by atoms with Crippen LogP contribution in [0.15, 0.2) is 77.4 Å². The van der Waals surface area contributed by atoms with Crippen LogP contribution in [-0.4, -0.2) is 40.1 Å². The van der Waals surface area contributed by atoms with E-state index in [-0.39, 0.29) is 18.4 Å². The molecular formula is C27H29N5O3. The van der Waals surface area contributed by atoms with E-state index < -0.39 is 0 Å². The Hall–Kier alpha value is -4.17. The molecular weight excluding hydrogens is 442 g/mol. The molecule has 0 atom stereocenters. The van der Waals surface area contributed by atoms with Crippen LogP contribution in [0.2, 0.25) is 0 Å². The number of benzene rings is 2. The lowest BCUT2D eigenvalue weighted by atomic mass is 10.1. The number of hydrogen-bond donors (Lipinski definition) is 2. The lowest BCUT2D eigenvalue weighted by Gasteiger charge is -2.21. The first kappa shape index (κ1) is 24.0. The van der Waals surface area contributed by atoms with E-state index in [1.165, 1.54) is 0 Å². The number of aromatic nitrogens is 2. The number of furan rings is 1. The summed E-state index contributed by atoms with van der Waals surface area (Å²) < 4.78 is 7.35. The summed E-state index contributed by atoms with van der Waals surface area (Å²) in [5, 5.41) is 10.3. The van der Waals surface area contributed by atoms with Gasteiger partial charge in [-0.3, -0.25) is 14.5 Å². The molecule has 4 aromatic rings. The molecule has 2 amide bonds. The minimum Gasteiger partial charge on any atom is -0.468 e. The van der Waals surface area contributed by atoms with E-state index in [9.17, 15) is 9.59 Å². The highest BCUT2D eigenvalue weighted by molar-refractivity contribution is 5.94. The van der Waals surface area contributed by atoms with E-state index >= 15 is 0 Å². The first-order valence-corrected chi connectivity index (χ1v) is 11.4. The van der Waals surface area contributed by atoms with Gasteiger partial charge in [-0.1, -0.05) is 30.3 Å². The molecule has 0 spiro atoms. The number of nitrogens with zero attached hydrogens (tertiary/aromatic N) is 3. The standard InChI is InChI=1S/C27H29N5O3/c1-19-26(20(2)32(30-19)23-8-5-4-6-9-23)29-25(33)18-31(17-24-10-7-15-35-24)16-21-11-13-22(14-12-21)27(34)28-3/h4-15H,16-18H2,1-3H3,(H,28,34)(H,29,33). The lowest BCUT2D eigenvalue weighted by Crippen LogP contribution is -2.32. The first-order valence-electron chi connectivity index (χ1n) is 11.4. The second-order valence-corrected chi connectivity index (χ2v) is 8.34. The highest BCUT2D eigenvalue weighted by atomic mass is 16.3. The maximum absolute atomic E-state index is 13.1. The maximum atomic E-state index is 13.1. The summed E-state index contributed by atoms with van der Waals surface area (Å²) >= 11 is 0. The van der Waals surface area contributed by atoms with Gasteiger partial charge in [0.15, 0.2) is 0 Å². The fourth-order valence-electron chi connectivity index (χ4n) is 3.98. The second kappa shape index (κ2) is 10.8. The number of nitrogens with one attached hydrogen (secondary N) is 2. The third kappa shape index (κ3) is 5.85. The van der Waals surface area contributed by atoms with Gasteiger partial charge >= 0.3 is 0 Å². The molecule has 35 heavy (non-hydrogen) atoms. The summed E-state index contributed by atoms with van der Waals surface area (Å²) in [6, 6.07) is 20.9. The van der Waals surface area contributed by atoms with Crippen molar-refractivity contribution in [2.45, 2.75) is 26.9 Å². The average Bonchev–Trinajstić information content (AvgIpc) is 3.48. The topological polar surface area (TPSA) is 92.4 Å². The molecule has 2 aromatic heterocycles. The fourth-order valence-corrected chi connectivity index (χ4v) is 3.98. The molecule has 0 bridgehead atoms. The number of anilines is 1. The molecule has 2 N–H and O–H groups in total. The predicted octanol–water partition coefficient (Wildman–Crippen LogP) is 4.08. The van der Waals surface area contributed by atoms with Crippen molar-refractivity contribution in [1.29, 1.82) is 0 Å². The summed E-state index contributed by atoms with van der Waals surface area (Å²) in [4.78, 5) is 26.9. The van der Waals surface area contributed by atoms with Gasteiger partial charge in [-0.05, 0) is 55.8 Å². The minimum atomic E-state index is -0.141. The zero-order chi connectivity index (χ0) is 24.8. The van der Waals surface area contributed by atoms with Gasteiger partial charge in [0.05, 0.1) is 42.1 Å². The van der Waals surface area contributed by atoms with Gasteiger partial charge in [0.1, 0.15) is 5.76 Å². The van der Waals surface area contributed by atoms with Crippen LogP contribution in [0.4, 0.5) is 5.69 Å². The van der Waals surface area contributed by atoms with Crippen LogP contribution in [0.1, 0.15) is 33.1 Å². The summed E-state index contributed by atoms with van der Waals surface area (Å²) in [5.41, 5.74) is 4.85. The SMILES string of the molecule is CNC(=O)c1ccc(CN(CC(=O)Nc2c(C)nn(-c3ccccc3)c2C)Cc2ccco2)cc1. The monoisotopic (exact) mass is 471 g/mol. The molecule has 0 saturated carbocycles.